The van der Waals surface area contributed by atoms with Crippen molar-refractivity contribution in [3.63, 3.8) is 0 Å². The molecular formula is C14H12N2O2S. The highest BCUT2D eigenvalue weighted by molar-refractivity contribution is 7.12. The maximum Gasteiger partial charge on any atom is 0.261 e. The topological polar surface area (TPSA) is 55.1 Å². The zero-order valence-corrected chi connectivity index (χ0v) is 11.2. The molecule has 2 heterocycles. The molecule has 0 aliphatic carbocycles. The maximum atomic E-state index is 11.8. The van der Waals surface area contributed by atoms with Crippen molar-refractivity contribution in [1.29, 1.82) is 0 Å². The second kappa shape index (κ2) is 4.85. The molecule has 5 heteroatoms. The van der Waals surface area contributed by atoms with Gasteiger partial charge >= 0.3 is 0 Å². The molecule has 96 valence electrons. The van der Waals surface area contributed by atoms with Crippen molar-refractivity contribution in [3.05, 3.63) is 52.0 Å². The molecule has 0 saturated carbocycles. The number of thiophene rings is 1. The van der Waals surface area contributed by atoms with Gasteiger partial charge in [-0.3, -0.25) is 4.79 Å². The number of hydrogen-bond acceptors (Lipinski definition) is 4. The quantitative estimate of drug-likeness (QED) is 0.797. The molecular weight excluding hydrogens is 260 g/mol. The second-order valence-electron chi connectivity index (χ2n) is 4.19. The highest BCUT2D eigenvalue weighted by atomic mass is 32.1. The van der Waals surface area contributed by atoms with Crippen LogP contribution in [0.2, 0.25) is 0 Å². The predicted octanol–water partition coefficient (Wildman–Crippen LogP) is 3.13. The average Bonchev–Trinajstić information content (AvgIpc) is 3.03. The Bertz CT molecular complexity index is 716. The molecule has 1 N–H and O–H groups in total. The van der Waals surface area contributed by atoms with E-state index in [0.29, 0.717) is 12.4 Å². The molecule has 0 radical (unpaired) electrons. The normalized spacial score (nSPS) is 10.8. The summed E-state index contributed by atoms with van der Waals surface area (Å²) in [7, 11) is 0. The third-order valence-electron chi connectivity index (χ3n) is 2.76. The molecule has 3 rings (SSSR count). The van der Waals surface area contributed by atoms with Crippen molar-refractivity contribution in [1.82, 2.24) is 10.3 Å². The van der Waals surface area contributed by atoms with Gasteiger partial charge in [-0.15, -0.1) is 11.3 Å². The summed E-state index contributed by atoms with van der Waals surface area (Å²) < 4.78 is 5.47. The Hall–Kier alpha value is -2.14. The van der Waals surface area contributed by atoms with Gasteiger partial charge in [-0.25, -0.2) is 4.98 Å². The van der Waals surface area contributed by atoms with Crippen LogP contribution in [0.1, 0.15) is 21.1 Å². The van der Waals surface area contributed by atoms with Crippen LogP contribution >= 0.6 is 11.3 Å². The summed E-state index contributed by atoms with van der Waals surface area (Å²) >= 11 is 1.43. The number of amides is 1. The molecule has 0 aliphatic heterocycles. The van der Waals surface area contributed by atoms with Gasteiger partial charge in [-0.1, -0.05) is 12.1 Å². The van der Waals surface area contributed by atoms with Crippen molar-refractivity contribution in [2.24, 2.45) is 0 Å². The number of benzene rings is 1. The van der Waals surface area contributed by atoms with E-state index in [4.69, 9.17) is 4.42 Å². The third-order valence-corrected chi connectivity index (χ3v) is 3.63. The van der Waals surface area contributed by atoms with Crippen molar-refractivity contribution in [3.8, 4) is 0 Å². The van der Waals surface area contributed by atoms with E-state index in [2.05, 4.69) is 10.3 Å². The van der Waals surface area contributed by atoms with Crippen LogP contribution in [0.4, 0.5) is 0 Å². The molecule has 0 fully saturated rings. The molecule has 0 bridgehead atoms. The van der Waals surface area contributed by atoms with E-state index in [1.54, 1.807) is 0 Å². The molecule has 1 amide bonds. The van der Waals surface area contributed by atoms with Gasteiger partial charge in [0.25, 0.3) is 5.91 Å². The van der Waals surface area contributed by atoms with Crippen LogP contribution in [-0.2, 0) is 6.54 Å². The van der Waals surface area contributed by atoms with Gasteiger partial charge in [0.15, 0.2) is 11.5 Å². The predicted molar refractivity (Wildman–Crippen MR) is 74.2 cm³/mol. The van der Waals surface area contributed by atoms with Crippen molar-refractivity contribution < 1.29 is 9.21 Å². The Kier molecular flexibility index (Phi) is 3.05. The molecule has 0 spiro atoms. The highest BCUT2D eigenvalue weighted by Crippen LogP contribution is 2.17. The Morgan fingerprint density at radius 3 is 3.11 bits per heavy atom. The van der Waals surface area contributed by atoms with Crippen molar-refractivity contribution in [2.75, 3.05) is 0 Å². The number of carbonyl (C=O) groups excluding carboxylic acids is 1. The summed E-state index contributed by atoms with van der Waals surface area (Å²) in [6.07, 6.45) is 0. The van der Waals surface area contributed by atoms with Crippen LogP contribution in [0.3, 0.4) is 0 Å². The number of oxazole rings is 1. The van der Waals surface area contributed by atoms with E-state index in [-0.39, 0.29) is 5.91 Å². The molecule has 19 heavy (non-hydrogen) atoms. The molecule has 4 nitrogen and oxygen atoms in total. The highest BCUT2D eigenvalue weighted by Gasteiger charge is 2.07. The van der Waals surface area contributed by atoms with Gasteiger partial charge in [0, 0.05) is 13.5 Å². The van der Waals surface area contributed by atoms with E-state index >= 15 is 0 Å². The number of aryl methyl sites for hydroxylation is 1. The minimum Gasteiger partial charge on any atom is -0.441 e. The average molecular weight is 272 g/mol. The molecule has 0 aliphatic rings. The summed E-state index contributed by atoms with van der Waals surface area (Å²) in [6, 6.07) is 9.42. The van der Waals surface area contributed by atoms with Gasteiger partial charge in [0.1, 0.15) is 5.52 Å². The number of nitrogens with zero attached hydrogens (tertiary/aromatic N) is 1. The van der Waals surface area contributed by atoms with Crippen LogP contribution in [0.5, 0.6) is 0 Å². The first-order valence-electron chi connectivity index (χ1n) is 5.90. The Morgan fingerprint density at radius 1 is 1.42 bits per heavy atom. The monoisotopic (exact) mass is 272 g/mol. The zero-order chi connectivity index (χ0) is 13.2. The van der Waals surface area contributed by atoms with Crippen LogP contribution in [-0.4, -0.2) is 10.9 Å². The first kappa shape index (κ1) is 11.9. The lowest BCUT2D eigenvalue weighted by Crippen LogP contribution is -2.21. The number of rotatable bonds is 3. The third kappa shape index (κ3) is 2.51. The minimum atomic E-state index is -0.0520. The summed E-state index contributed by atoms with van der Waals surface area (Å²) in [5, 5.41) is 4.77. The summed E-state index contributed by atoms with van der Waals surface area (Å²) in [6.45, 7) is 2.30. The smallest absolute Gasteiger partial charge is 0.261 e. The van der Waals surface area contributed by atoms with Crippen molar-refractivity contribution >= 4 is 28.3 Å². The summed E-state index contributed by atoms with van der Waals surface area (Å²) in [5.74, 6) is 0.596. The molecule has 0 atom stereocenters. The zero-order valence-electron chi connectivity index (χ0n) is 10.3. The first-order chi connectivity index (χ1) is 9.22. The van der Waals surface area contributed by atoms with E-state index in [0.717, 1.165) is 21.5 Å². The van der Waals surface area contributed by atoms with Gasteiger partial charge in [0.05, 0.1) is 4.88 Å². The lowest BCUT2D eigenvalue weighted by atomic mass is 10.2. The SMILES string of the molecule is Cc1nc2ccc(CNC(=O)c3cccs3)cc2o1. The van der Waals surface area contributed by atoms with E-state index in [9.17, 15) is 4.79 Å². The fourth-order valence-corrected chi connectivity index (χ4v) is 2.51. The number of carbonyl (C=O) groups is 1. The second-order valence-corrected chi connectivity index (χ2v) is 5.14. The number of fused-ring (bicyclic) bond motifs is 1. The van der Waals surface area contributed by atoms with E-state index in [1.807, 2.05) is 42.6 Å². The molecule has 0 saturated heterocycles. The summed E-state index contributed by atoms with van der Waals surface area (Å²) in [4.78, 5) is 16.8. The maximum absolute atomic E-state index is 11.8. The van der Waals surface area contributed by atoms with Gasteiger partial charge in [-0.05, 0) is 29.1 Å². The van der Waals surface area contributed by atoms with Crippen LogP contribution in [0, 0.1) is 6.92 Å². The van der Waals surface area contributed by atoms with E-state index in [1.165, 1.54) is 11.3 Å². The van der Waals surface area contributed by atoms with E-state index < -0.39 is 0 Å². The van der Waals surface area contributed by atoms with Crippen LogP contribution in [0.15, 0.2) is 40.1 Å². The number of hydrogen-bond donors (Lipinski definition) is 1. The van der Waals surface area contributed by atoms with Gasteiger partial charge < -0.3 is 9.73 Å². The molecule has 1 aromatic carbocycles. The van der Waals surface area contributed by atoms with Crippen LogP contribution in [0.25, 0.3) is 11.1 Å². The number of aromatic nitrogens is 1. The fourth-order valence-electron chi connectivity index (χ4n) is 1.87. The Labute approximate surface area is 114 Å². The van der Waals surface area contributed by atoms with Gasteiger partial charge in [-0.2, -0.15) is 0 Å². The van der Waals surface area contributed by atoms with Crippen LogP contribution < -0.4 is 5.32 Å². The molecule has 3 aromatic rings. The lowest BCUT2D eigenvalue weighted by Gasteiger charge is -2.03. The first-order valence-corrected chi connectivity index (χ1v) is 6.78. The summed E-state index contributed by atoms with van der Waals surface area (Å²) in [5.41, 5.74) is 2.58. The molecule has 2 aromatic heterocycles. The standard InChI is InChI=1S/C14H12N2O2S/c1-9-16-11-5-4-10(7-12(11)18-9)8-15-14(17)13-3-2-6-19-13/h2-7H,8H2,1H3,(H,15,17). The largest absolute Gasteiger partial charge is 0.441 e. The molecule has 0 unspecified atom stereocenters. The number of nitrogens with one attached hydrogen (secondary N) is 1. The Morgan fingerprint density at radius 2 is 2.32 bits per heavy atom. The van der Waals surface area contributed by atoms with Crippen molar-refractivity contribution in [2.45, 2.75) is 13.5 Å². The fraction of sp³-hybridized carbons (Fsp3) is 0.143. The lowest BCUT2D eigenvalue weighted by molar-refractivity contribution is 0.0955. The van der Waals surface area contributed by atoms with Gasteiger partial charge in [0.2, 0.25) is 0 Å². The minimum absolute atomic E-state index is 0.0520. The Balaban J connectivity index is 1.73.